The van der Waals surface area contributed by atoms with Crippen LogP contribution in [-0.4, -0.2) is 16.6 Å². The Morgan fingerprint density at radius 1 is 1.45 bits per heavy atom. The molecule has 4 heteroatoms. The van der Waals surface area contributed by atoms with Gasteiger partial charge in [0.05, 0.1) is 5.71 Å². The Kier molecular flexibility index (Phi) is 4.45. The zero-order chi connectivity index (χ0) is 14.5. The number of hydrogen-bond donors (Lipinski definition) is 1. The highest BCUT2D eigenvalue weighted by molar-refractivity contribution is 6.02. The summed E-state index contributed by atoms with van der Waals surface area (Å²) in [7, 11) is 0. The van der Waals surface area contributed by atoms with Crippen LogP contribution in [0.5, 0.6) is 0 Å². The maximum Gasteiger partial charge on any atom is 0.271 e. The van der Waals surface area contributed by atoms with Crippen LogP contribution in [0.3, 0.4) is 0 Å². The zero-order valence-corrected chi connectivity index (χ0v) is 11.9. The van der Waals surface area contributed by atoms with E-state index in [2.05, 4.69) is 28.2 Å². The number of hydrogen-bond acceptors (Lipinski definition) is 3. The van der Waals surface area contributed by atoms with Crippen molar-refractivity contribution < 1.29 is 4.79 Å². The molecule has 0 fully saturated rings. The van der Waals surface area contributed by atoms with Crippen molar-refractivity contribution in [3.63, 3.8) is 0 Å². The van der Waals surface area contributed by atoms with E-state index < -0.39 is 0 Å². The molecule has 104 valence electrons. The van der Waals surface area contributed by atoms with Gasteiger partial charge in [-0.2, -0.15) is 5.10 Å². The van der Waals surface area contributed by atoms with Gasteiger partial charge in [-0.25, -0.2) is 5.43 Å². The molecular formula is C16H19N3O. The van der Waals surface area contributed by atoms with Crippen LogP contribution in [0.1, 0.15) is 37.0 Å². The number of allylic oxidation sites excluding steroid dienone is 3. The lowest BCUT2D eigenvalue weighted by molar-refractivity contribution is 0.0954. The van der Waals surface area contributed by atoms with Gasteiger partial charge in [-0.15, -0.1) is 0 Å². The van der Waals surface area contributed by atoms with Crippen molar-refractivity contribution in [2.24, 2.45) is 11.0 Å². The molecule has 0 aliphatic heterocycles. The number of nitrogens with zero attached hydrogens (tertiary/aromatic N) is 2. The Labute approximate surface area is 119 Å². The Morgan fingerprint density at radius 2 is 2.15 bits per heavy atom. The van der Waals surface area contributed by atoms with Crippen molar-refractivity contribution in [3.05, 3.63) is 53.9 Å². The summed E-state index contributed by atoms with van der Waals surface area (Å²) in [6, 6.07) is 3.32. The Morgan fingerprint density at radius 3 is 2.80 bits per heavy atom. The molecule has 1 aliphatic carbocycles. The van der Waals surface area contributed by atoms with E-state index in [4.69, 9.17) is 0 Å². The molecule has 0 unspecified atom stereocenters. The van der Waals surface area contributed by atoms with Crippen LogP contribution in [0.4, 0.5) is 0 Å². The van der Waals surface area contributed by atoms with E-state index in [9.17, 15) is 4.79 Å². The fourth-order valence-electron chi connectivity index (χ4n) is 2.11. The predicted molar refractivity (Wildman–Crippen MR) is 80.4 cm³/mol. The number of hydrazone groups is 1. The van der Waals surface area contributed by atoms with E-state index in [1.807, 2.05) is 13.8 Å². The maximum absolute atomic E-state index is 11.9. The third kappa shape index (κ3) is 3.41. The van der Waals surface area contributed by atoms with Gasteiger partial charge in [0.1, 0.15) is 0 Å². The van der Waals surface area contributed by atoms with Crippen LogP contribution in [0.15, 0.2) is 53.4 Å². The van der Waals surface area contributed by atoms with Crippen LogP contribution in [0.25, 0.3) is 0 Å². The van der Waals surface area contributed by atoms with Crippen molar-refractivity contribution >= 4 is 11.6 Å². The molecule has 1 aromatic rings. The van der Waals surface area contributed by atoms with Crippen molar-refractivity contribution in [3.8, 4) is 0 Å². The number of carbonyl (C=O) groups excluding carboxylic acids is 1. The number of amides is 1. The fraction of sp³-hybridized carbons (Fsp3) is 0.312. The summed E-state index contributed by atoms with van der Waals surface area (Å²) >= 11 is 0. The molecule has 2 rings (SSSR count). The highest BCUT2D eigenvalue weighted by Gasteiger charge is 2.18. The Balaban J connectivity index is 2.07. The van der Waals surface area contributed by atoms with Crippen LogP contribution >= 0.6 is 0 Å². The average Bonchev–Trinajstić information content (AvgIpc) is 2.46. The molecular weight excluding hydrogens is 250 g/mol. The van der Waals surface area contributed by atoms with E-state index in [1.165, 1.54) is 0 Å². The minimum Gasteiger partial charge on any atom is -0.267 e. The minimum absolute atomic E-state index is 0.217. The van der Waals surface area contributed by atoms with Gasteiger partial charge in [-0.05, 0) is 50.3 Å². The largest absolute Gasteiger partial charge is 0.271 e. The normalized spacial score (nSPS) is 20.4. The monoisotopic (exact) mass is 269 g/mol. The third-order valence-corrected chi connectivity index (χ3v) is 3.54. The SMILES string of the molecule is C=C(C)[C@@H]1CC=C(C)/C(=N/NC(=O)c2ccncc2)C1. The number of rotatable bonds is 3. The van der Waals surface area contributed by atoms with Gasteiger partial charge in [-0.1, -0.05) is 18.2 Å². The second-order valence-electron chi connectivity index (χ2n) is 5.11. The van der Waals surface area contributed by atoms with Gasteiger partial charge in [-0.3, -0.25) is 9.78 Å². The highest BCUT2D eigenvalue weighted by Crippen LogP contribution is 2.26. The molecule has 0 saturated carbocycles. The van der Waals surface area contributed by atoms with Gasteiger partial charge in [0, 0.05) is 18.0 Å². The summed E-state index contributed by atoms with van der Waals surface area (Å²) in [5, 5.41) is 4.26. The summed E-state index contributed by atoms with van der Waals surface area (Å²) in [4.78, 5) is 15.8. The Hall–Kier alpha value is -2.23. The lowest BCUT2D eigenvalue weighted by Gasteiger charge is -2.22. The van der Waals surface area contributed by atoms with Crippen LogP contribution in [0, 0.1) is 5.92 Å². The van der Waals surface area contributed by atoms with E-state index in [-0.39, 0.29) is 5.91 Å². The first-order chi connectivity index (χ1) is 9.58. The van der Waals surface area contributed by atoms with Crippen molar-refractivity contribution in [1.82, 2.24) is 10.4 Å². The van der Waals surface area contributed by atoms with Crippen LogP contribution < -0.4 is 5.43 Å². The number of nitrogens with one attached hydrogen (secondary N) is 1. The lowest BCUT2D eigenvalue weighted by Crippen LogP contribution is -2.23. The second-order valence-corrected chi connectivity index (χ2v) is 5.11. The van der Waals surface area contributed by atoms with E-state index in [0.717, 1.165) is 29.7 Å². The van der Waals surface area contributed by atoms with Crippen LogP contribution in [0.2, 0.25) is 0 Å². The van der Waals surface area contributed by atoms with Gasteiger partial charge in [0.15, 0.2) is 0 Å². The fourth-order valence-corrected chi connectivity index (χ4v) is 2.11. The first kappa shape index (κ1) is 14.2. The smallest absolute Gasteiger partial charge is 0.267 e. The standard InChI is InChI=1S/C16H19N3O/c1-11(2)14-5-4-12(3)15(10-14)18-19-16(20)13-6-8-17-9-7-13/h4,6-9,14H,1,5,10H2,2-3H3,(H,19,20)/b18-15+/t14-/m1/s1. The summed E-state index contributed by atoms with van der Waals surface area (Å²) in [5.74, 6) is 0.195. The summed E-state index contributed by atoms with van der Waals surface area (Å²) < 4.78 is 0. The van der Waals surface area contributed by atoms with Crippen LogP contribution in [-0.2, 0) is 0 Å². The average molecular weight is 269 g/mol. The van der Waals surface area contributed by atoms with E-state index in [1.54, 1.807) is 24.5 Å². The van der Waals surface area contributed by atoms with E-state index in [0.29, 0.717) is 11.5 Å². The highest BCUT2D eigenvalue weighted by atomic mass is 16.2. The first-order valence-electron chi connectivity index (χ1n) is 6.67. The predicted octanol–water partition coefficient (Wildman–Crippen LogP) is 3.10. The molecule has 0 aromatic carbocycles. The van der Waals surface area contributed by atoms with Gasteiger partial charge in [0.2, 0.25) is 0 Å². The van der Waals surface area contributed by atoms with Crippen molar-refractivity contribution in [1.29, 1.82) is 0 Å². The molecule has 20 heavy (non-hydrogen) atoms. The quantitative estimate of drug-likeness (QED) is 0.677. The molecule has 0 radical (unpaired) electrons. The number of aromatic nitrogens is 1. The molecule has 1 N–H and O–H groups in total. The molecule has 1 atom stereocenters. The molecule has 0 bridgehead atoms. The lowest BCUT2D eigenvalue weighted by atomic mass is 9.85. The molecule has 1 amide bonds. The molecule has 1 aromatic heterocycles. The second kappa shape index (κ2) is 6.28. The molecule has 1 aliphatic rings. The number of pyridine rings is 1. The molecule has 4 nitrogen and oxygen atoms in total. The maximum atomic E-state index is 11.9. The Bertz CT molecular complexity index is 573. The summed E-state index contributed by atoms with van der Waals surface area (Å²) in [6.45, 7) is 8.06. The van der Waals surface area contributed by atoms with Crippen molar-refractivity contribution in [2.45, 2.75) is 26.7 Å². The zero-order valence-electron chi connectivity index (χ0n) is 11.9. The molecule has 0 saturated heterocycles. The van der Waals surface area contributed by atoms with Gasteiger partial charge in [0.25, 0.3) is 5.91 Å². The summed E-state index contributed by atoms with van der Waals surface area (Å²) in [6.07, 6.45) is 7.16. The molecule has 1 heterocycles. The minimum atomic E-state index is -0.217. The summed E-state index contributed by atoms with van der Waals surface area (Å²) in [5.41, 5.74) is 6.36. The van der Waals surface area contributed by atoms with Gasteiger partial charge < -0.3 is 0 Å². The van der Waals surface area contributed by atoms with Crippen molar-refractivity contribution in [2.75, 3.05) is 0 Å². The topological polar surface area (TPSA) is 54.4 Å². The van der Waals surface area contributed by atoms with E-state index >= 15 is 0 Å². The van der Waals surface area contributed by atoms with Gasteiger partial charge >= 0.3 is 0 Å². The number of carbonyl (C=O) groups is 1. The first-order valence-corrected chi connectivity index (χ1v) is 6.67. The third-order valence-electron chi connectivity index (χ3n) is 3.54. The molecule has 0 spiro atoms.